The van der Waals surface area contributed by atoms with E-state index in [9.17, 15) is 0 Å². The van der Waals surface area contributed by atoms with Gasteiger partial charge in [0.05, 0.1) is 0 Å². The fourth-order valence-corrected chi connectivity index (χ4v) is 8.42. The van der Waals surface area contributed by atoms with Crippen LogP contribution in [0.15, 0.2) is 133 Å². The minimum Gasteiger partial charge on any atom is -0.208 e. The number of hydrogen-bond donors (Lipinski definition) is 0. The van der Waals surface area contributed by atoms with Crippen LogP contribution in [0.4, 0.5) is 0 Å². The molecule has 0 radical (unpaired) electrons. The van der Waals surface area contributed by atoms with Crippen LogP contribution in [0.3, 0.4) is 0 Å². The van der Waals surface area contributed by atoms with E-state index in [-0.39, 0.29) is 0 Å². The lowest BCUT2D eigenvalue weighted by atomic mass is 9.89. The lowest BCUT2D eigenvalue weighted by Crippen LogP contribution is -2.00. The predicted octanol–water partition coefficient (Wildman–Crippen LogP) is 12.0. The van der Waals surface area contributed by atoms with Gasteiger partial charge in [-0.15, -0.1) is 11.3 Å². The number of fused-ring (bicyclic) bond motifs is 3. The zero-order chi connectivity index (χ0) is 31.5. The minimum absolute atomic E-state index is 0.659. The van der Waals surface area contributed by atoms with Crippen molar-refractivity contribution in [1.29, 1.82) is 0 Å². The summed E-state index contributed by atoms with van der Waals surface area (Å²) in [6.07, 6.45) is 4.42. The number of aryl methyl sites for hydroxylation is 1. The second kappa shape index (κ2) is 11.0. The molecule has 0 aliphatic carbocycles. The maximum absolute atomic E-state index is 5.01. The average Bonchev–Trinajstić information content (AvgIpc) is 3.54. The Morgan fingerprint density at radius 3 is 1.70 bits per heavy atom. The molecule has 0 unspecified atom stereocenters. The summed E-state index contributed by atoms with van der Waals surface area (Å²) in [6, 6.07) is 44.8. The highest BCUT2D eigenvalue weighted by Crippen LogP contribution is 2.50. The molecule has 0 atom stereocenters. The van der Waals surface area contributed by atoms with Crippen LogP contribution < -0.4 is 0 Å². The van der Waals surface area contributed by atoms with Crippen LogP contribution in [0.5, 0.6) is 0 Å². The zero-order valence-corrected chi connectivity index (χ0v) is 26.8. The molecule has 4 heteroatoms. The van der Waals surface area contributed by atoms with E-state index in [1.54, 1.807) is 0 Å². The maximum Gasteiger partial charge on any atom is 0.164 e. The fraction of sp³-hybridized carbons (Fsp3) is 0.0465. The van der Waals surface area contributed by atoms with E-state index in [0.717, 1.165) is 22.3 Å². The molecular weight excluding hydrogens is 591 g/mol. The Kier molecular flexibility index (Phi) is 6.44. The Balaban J connectivity index is 1.28. The number of allylic oxidation sites excluding steroid dienone is 1. The van der Waals surface area contributed by atoms with Crippen molar-refractivity contribution < 1.29 is 0 Å². The van der Waals surface area contributed by atoms with Crippen molar-refractivity contribution >= 4 is 59.1 Å². The van der Waals surface area contributed by atoms with Crippen LogP contribution in [-0.2, 0) is 0 Å². The number of hydrogen-bond acceptors (Lipinski definition) is 4. The number of rotatable bonds is 5. The highest BCUT2D eigenvalue weighted by molar-refractivity contribution is 7.27. The molecule has 3 nitrogen and oxygen atoms in total. The molecule has 0 amide bonds. The second-order valence-electron chi connectivity index (χ2n) is 12.0. The highest BCUT2D eigenvalue weighted by atomic mass is 32.1. The zero-order valence-electron chi connectivity index (χ0n) is 26.0. The molecule has 0 N–H and O–H groups in total. The lowest BCUT2D eigenvalue weighted by molar-refractivity contribution is 1.07. The summed E-state index contributed by atoms with van der Waals surface area (Å²) in [6.45, 7) is 4.34. The van der Waals surface area contributed by atoms with Gasteiger partial charge in [0.15, 0.2) is 17.5 Å². The predicted molar refractivity (Wildman–Crippen MR) is 200 cm³/mol. The van der Waals surface area contributed by atoms with E-state index < -0.39 is 0 Å². The first-order valence-corrected chi connectivity index (χ1v) is 16.7. The van der Waals surface area contributed by atoms with Gasteiger partial charge in [-0.3, -0.25) is 0 Å². The fourth-order valence-electron chi connectivity index (χ4n) is 6.95. The van der Waals surface area contributed by atoms with Crippen LogP contribution >= 0.6 is 11.3 Å². The Bertz CT molecular complexity index is 2580. The molecule has 0 saturated carbocycles. The van der Waals surface area contributed by atoms with Gasteiger partial charge >= 0.3 is 0 Å². The van der Waals surface area contributed by atoms with Crippen molar-refractivity contribution in [3.63, 3.8) is 0 Å². The standard InChI is InChI=1S/C43H29N3S/c1-3-13-31-26(2)24-36-34-21-11-10-20-33(34)35-23-22-32(40-37(35)38(36)39(31)47-40)29-18-12-19-30(25-29)43-45-41(27-14-6-4-7-15-27)44-42(46-43)28-16-8-5-9-17-28/h3-25H,1-2H3/b13-3-. The number of thiophene rings is 1. The van der Waals surface area contributed by atoms with Gasteiger partial charge in [-0.1, -0.05) is 133 Å². The van der Waals surface area contributed by atoms with Crippen molar-refractivity contribution in [2.24, 2.45) is 0 Å². The minimum atomic E-state index is 0.659. The van der Waals surface area contributed by atoms with Gasteiger partial charge in [-0.2, -0.15) is 0 Å². The third kappa shape index (κ3) is 4.44. The van der Waals surface area contributed by atoms with Gasteiger partial charge in [-0.25, -0.2) is 15.0 Å². The number of aromatic nitrogens is 3. The Morgan fingerprint density at radius 2 is 1.04 bits per heavy atom. The van der Waals surface area contributed by atoms with Gasteiger partial charge in [0.2, 0.25) is 0 Å². The lowest BCUT2D eigenvalue weighted by Gasteiger charge is -2.13. The first kappa shape index (κ1) is 27.6. The normalized spacial score (nSPS) is 12.0. The average molecular weight is 620 g/mol. The summed E-state index contributed by atoms with van der Waals surface area (Å²) < 4.78 is 2.66. The van der Waals surface area contributed by atoms with E-state index in [1.165, 1.54) is 58.4 Å². The van der Waals surface area contributed by atoms with Crippen molar-refractivity contribution in [3.8, 4) is 45.3 Å². The molecule has 7 aromatic carbocycles. The molecule has 47 heavy (non-hydrogen) atoms. The van der Waals surface area contributed by atoms with Crippen molar-refractivity contribution in [1.82, 2.24) is 15.0 Å². The van der Waals surface area contributed by atoms with E-state index in [1.807, 2.05) is 72.0 Å². The van der Waals surface area contributed by atoms with Gasteiger partial charge in [0, 0.05) is 36.9 Å². The SMILES string of the molecule is C/C=C\c1c(C)cc2c3ccccc3c3ccc(-c4cccc(-c5nc(-c6ccccc6)nc(-c6ccccc6)n5)c4)c4sc1c2c43. The maximum atomic E-state index is 5.01. The third-order valence-corrected chi connectivity index (χ3v) is 10.4. The molecule has 2 aromatic heterocycles. The van der Waals surface area contributed by atoms with Gasteiger partial charge in [-0.05, 0) is 63.7 Å². The summed E-state index contributed by atoms with van der Waals surface area (Å²) in [7, 11) is 0. The van der Waals surface area contributed by atoms with E-state index in [0.29, 0.717) is 17.5 Å². The van der Waals surface area contributed by atoms with Crippen molar-refractivity contribution in [3.05, 3.63) is 145 Å². The van der Waals surface area contributed by atoms with Crippen LogP contribution in [0.25, 0.3) is 93.1 Å². The van der Waals surface area contributed by atoms with Crippen LogP contribution in [0.1, 0.15) is 18.1 Å². The summed E-state index contributed by atoms with van der Waals surface area (Å²) >= 11 is 1.91. The third-order valence-electron chi connectivity index (χ3n) is 9.11. The van der Waals surface area contributed by atoms with Gasteiger partial charge in [0.1, 0.15) is 0 Å². The quantitative estimate of drug-likeness (QED) is 0.180. The summed E-state index contributed by atoms with van der Waals surface area (Å²) in [5.74, 6) is 1.99. The van der Waals surface area contributed by atoms with E-state index in [4.69, 9.17) is 15.0 Å². The molecule has 222 valence electrons. The Hall–Kier alpha value is -5.71. The topological polar surface area (TPSA) is 38.7 Å². The summed E-state index contributed by atoms with van der Waals surface area (Å²) in [5.41, 5.74) is 7.87. The molecule has 2 heterocycles. The first-order valence-electron chi connectivity index (χ1n) is 15.9. The van der Waals surface area contributed by atoms with E-state index >= 15 is 0 Å². The second-order valence-corrected chi connectivity index (χ2v) is 13.0. The van der Waals surface area contributed by atoms with Crippen LogP contribution in [-0.4, -0.2) is 15.0 Å². The van der Waals surface area contributed by atoms with Crippen molar-refractivity contribution in [2.75, 3.05) is 0 Å². The van der Waals surface area contributed by atoms with Crippen LogP contribution in [0, 0.1) is 6.92 Å². The Labute approximate surface area is 276 Å². The molecule has 0 spiro atoms. The molecule has 0 aliphatic rings. The van der Waals surface area contributed by atoms with Gasteiger partial charge < -0.3 is 0 Å². The number of benzene rings is 7. The summed E-state index contributed by atoms with van der Waals surface area (Å²) in [5, 5.41) is 7.97. The summed E-state index contributed by atoms with van der Waals surface area (Å²) in [4.78, 5) is 14.9. The Morgan fingerprint density at radius 1 is 0.489 bits per heavy atom. The molecule has 0 bridgehead atoms. The first-order chi connectivity index (χ1) is 23.2. The molecule has 9 rings (SSSR count). The molecule has 9 aromatic rings. The van der Waals surface area contributed by atoms with Crippen molar-refractivity contribution in [2.45, 2.75) is 13.8 Å². The smallest absolute Gasteiger partial charge is 0.164 e. The monoisotopic (exact) mass is 619 g/mol. The van der Waals surface area contributed by atoms with Gasteiger partial charge in [0.25, 0.3) is 0 Å². The highest BCUT2D eigenvalue weighted by Gasteiger charge is 2.21. The number of nitrogens with zero attached hydrogens (tertiary/aromatic N) is 3. The largest absolute Gasteiger partial charge is 0.208 e. The molecular formula is C43H29N3S. The van der Waals surface area contributed by atoms with Crippen LogP contribution in [0.2, 0.25) is 0 Å². The molecule has 0 aliphatic heterocycles. The van der Waals surface area contributed by atoms with E-state index in [2.05, 4.69) is 92.7 Å². The molecule has 0 saturated heterocycles. The molecule has 0 fully saturated rings.